The van der Waals surface area contributed by atoms with Crippen LogP contribution in [-0.2, 0) is 22.6 Å². The second kappa shape index (κ2) is 14.5. The Morgan fingerprint density at radius 2 is 1.22 bits per heavy atom. The summed E-state index contributed by atoms with van der Waals surface area (Å²) in [5, 5.41) is 0. The van der Waals surface area contributed by atoms with Gasteiger partial charge in [-0.05, 0) is 63.8 Å². The Kier molecular flexibility index (Phi) is 12.8. The summed E-state index contributed by atoms with van der Waals surface area (Å²) in [7, 11) is 12.7. The summed E-state index contributed by atoms with van der Waals surface area (Å²) in [5.41, 5.74) is 7.76. The van der Waals surface area contributed by atoms with Crippen LogP contribution in [0.1, 0.15) is 36.1 Å². The van der Waals surface area contributed by atoms with E-state index in [-0.39, 0.29) is 13.1 Å². The molecule has 0 N–H and O–H groups in total. The zero-order chi connectivity index (χ0) is 24.3. The Bertz CT molecular complexity index is 951. The van der Waals surface area contributed by atoms with E-state index in [1.54, 1.807) is 14.2 Å². The van der Waals surface area contributed by atoms with E-state index < -0.39 is 6.23 Å². The minimum atomic E-state index is -0.563. The summed E-state index contributed by atoms with van der Waals surface area (Å²) < 4.78 is 11.1. The van der Waals surface area contributed by atoms with Gasteiger partial charge < -0.3 is 9.47 Å². The quantitative estimate of drug-likeness (QED) is 0.230. The van der Waals surface area contributed by atoms with Gasteiger partial charge in [0.05, 0.1) is 29.9 Å². The number of hydrogen-bond donors (Lipinski definition) is 0. The number of ether oxygens (including phenoxy) is 2. The molecule has 0 bridgehead atoms. The van der Waals surface area contributed by atoms with Crippen LogP contribution in [0.25, 0.3) is 0 Å². The van der Waals surface area contributed by atoms with Gasteiger partial charge in [-0.25, -0.2) is 9.98 Å². The van der Waals surface area contributed by atoms with Gasteiger partial charge in [-0.2, -0.15) is 0 Å². The van der Waals surface area contributed by atoms with Crippen LogP contribution in [0.2, 0.25) is 0 Å². The van der Waals surface area contributed by atoms with Crippen molar-refractivity contribution in [1.82, 2.24) is 0 Å². The first-order chi connectivity index (χ1) is 15.2. The number of halogens is 2. The molecule has 1 unspecified atom stereocenters. The van der Waals surface area contributed by atoms with Gasteiger partial charge in [0.15, 0.2) is 6.23 Å². The van der Waals surface area contributed by atoms with Crippen LogP contribution in [0.15, 0.2) is 51.4 Å². The summed E-state index contributed by atoms with van der Waals surface area (Å²) in [5.74, 6) is 0.426. The molecule has 0 saturated carbocycles. The van der Waals surface area contributed by atoms with Crippen molar-refractivity contribution in [3.63, 3.8) is 0 Å². The van der Waals surface area contributed by atoms with E-state index in [1.165, 1.54) is 0 Å². The maximum absolute atomic E-state index is 5.59. The van der Waals surface area contributed by atoms with Crippen molar-refractivity contribution in [3.05, 3.63) is 58.7 Å². The van der Waals surface area contributed by atoms with Crippen molar-refractivity contribution in [3.8, 4) is 0 Å². The number of methoxy groups -OCH3 is 2. The Balaban J connectivity index is 0.00000161. The van der Waals surface area contributed by atoms with E-state index in [1.807, 2.05) is 77.9 Å². The Morgan fingerprint density at radius 3 is 1.59 bits per heavy atom. The molecule has 2 aromatic carbocycles. The molecule has 1 atom stereocenters. The molecule has 0 aromatic heterocycles. The van der Waals surface area contributed by atoms with Gasteiger partial charge in [0, 0.05) is 7.11 Å². The van der Waals surface area contributed by atoms with Gasteiger partial charge in [-0.15, -0.1) is 0 Å². The molecule has 0 fully saturated rings. The second-order valence-electron chi connectivity index (χ2n) is 7.21. The SMILES string of the molecule is CO/C(=N/C(OC)C(C)=Nc1c(C)cccc1C)C(C)=Nc1c(C)cccc1C.[Cl][Fe][Cl]. The first-order valence-electron chi connectivity index (χ1n) is 9.93. The van der Waals surface area contributed by atoms with Gasteiger partial charge in [-0.1, -0.05) is 36.4 Å². The van der Waals surface area contributed by atoms with Crippen LogP contribution >= 0.6 is 20.2 Å². The number of hydrogen-bond acceptors (Lipinski definition) is 5. The molecule has 0 amide bonds. The van der Waals surface area contributed by atoms with Crippen LogP contribution in [-0.4, -0.2) is 37.8 Å². The minimum absolute atomic E-state index is 0.194. The monoisotopic (exact) mass is 519 g/mol. The molecule has 8 heteroatoms. The predicted octanol–water partition coefficient (Wildman–Crippen LogP) is 7.20. The summed E-state index contributed by atoms with van der Waals surface area (Å²) >= 11 is 0.194. The van der Waals surface area contributed by atoms with Crippen LogP contribution in [0.4, 0.5) is 11.4 Å². The van der Waals surface area contributed by atoms with Gasteiger partial charge in [0.25, 0.3) is 0 Å². The molecule has 176 valence electrons. The topological polar surface area (TPSA) is 55.5 Å². The number of benzene rings is 2. The van der Waals surface area contributed by atoms with Gasteiger partial charge in [-0.3, -0.25) is 4.99 Å². The summed E-state index contributed by atoms with van der Waals surface area (Å²) in [6.07, 6.45) is -0.563. The Labute approximate surface area is 206 Å². The first kappa shape index (κ1) is 28.3. The molecular weight excluding hydrogens is 489 g/mol. The third-order valence-electron chi connectivity index (χ3n) is 4.76. The van der Waals surface area contributed by atoms with Crippen molar-refractivity contribution < 1.29 is 22.6 Å². The molecule has 2 rings (SSSR count). The molecule has 0 aliphatic heterocycles. The molecule has 0 radical (unpaired) electrons. The Morgan fingerprint density at radius 1 is 0.812 bits per heavy atom. The molecule has 0 spiro atoms. The van der Waals surface area contributed by atoms with Crippen molar-refractivity contribution in [1.29, 1.82) is 0 Å². The zero-order valence-corrected chi connectivity index (χ0v) is 22.4. The van der Waals surface area contributed by atoms with Crippen molar-refractivity contribution in [2.24, 2.45) is 15.0 Å². The molecule has 5 nitrogen and oxygen atoms in total. The number of aryl methyl sites for hydroxylation is 4. The number of para-hydroxylation sites is 2. The fourth-order valence-corrected chi connectivity index (χ4v) is 3.13. The zero-order valence-electron chi connectivity index (χ0n) is 19.8. The van der Waals surface area contributed by atoms with Gasteiger partial charge in [0.1, 0.15) is 0 Å². The molecule has 32 heavy (non-hydrogen) atoms. The molecule has 0 aliphatic carbocycles. The molecule has 0 saturated heterocycles. The second-order valence-corrected chi connectivity index (χ2v) is 9.03. The molecule has 2 aromatic rings. The average Bonchev–Trinajstić information content (AvgIpc) is 2.74. The van der Waals surface area contributed by atoms with E-state index in [2.05, 4.69) is 4.99 Å². The summed E-state index contributed by atoms with van der Waals surface area (Å²) in [4.78, 5) is 14.2. The summed E-state index contributed by atoms with van der Waals surface area (Å²) in [6, 6.07) is 12.2. The van der Waals surface area contributed by atoms with Gasteiger partial charge in [0.2, 0.25) is 5.90 Å². The van der Waals surface area contributed by atoms with Crippen LogP contribution in [0, 0.1) is 27.7 Å². The van der Waals surface area contributed by atoms with E-state index in [0.29, 0.717) is 11.6 Å². The van der Waals surface area contributed by atoms with E-state index >= 15 is 0 Å². The van der Waals surface area contributed by atoms with Crippen molar-refractivity contribution >= 4 is 48.9 Å². The van der Waals surface area contributed by atoms with E-state index in [9.17, 15) is 0 Å². The first-order valence-corrected chi connectivity index (χ1v) is 13.0. The van der Waals surface area contributed by atoms with Crippen LogP contribution in [0.3, 0.4) is 0 Å². The normalized spacial score (nSPS) is 13.5. The molecular formula is C24H31Cl2FeN3O2. The third kappa shape index (κ3) is 8.34. The standard InChI is InChI=1S/C24H31N3O2.2ClH.Fe/c1-15-11-9-12-16(2)21(15)25-19(5)23(28-7)27-24(29-8)20(6)26-22-17(3)13-10-14-18(22)4;;;/h9-14,23H,1-8H3;2*1H;/q;;;+2/p-2/b25-19?,26-20?,27-24+;;;. The van der Waals surface area contributed by atoms with E-state index in [4.69, 9.17) is 39.7 Å². The third-order valence-corrected chi connectivity index (χ3v) is 4.76. The molecule has 0 heterocycles. The van der Waals surface area contributed by atoms with E-state index in [0.717, 1.165) is 39.3 Å². The molecule has 0 aliphatic rings. The average molecular weight is 520 g/mol. The van der Waals surface area contributed by atoms with Crippen LogP contribution in [0.5, 0.6) is 0 Å². The summed E-state index contributed by atoms with van der Waals surface area (Å²) in [6.45, 7) is 12.0. The number of rotatable bonds is 6. The van der Waals surface area contributed by atoms with Crippen LogP contribution < -0.4 is 0 Å². The number of aliphatic imine (C=N–C) groups is 3. The van der Waals surface area contributed by atoms with Crippen molar-refractivity contribution in [2.75, 3.05) is 14.2 Å². The van der Waals surface area contributed by atoms with Gasteiger partial charge >= 0.3 is 33.3 Å². The predicted molar refractivity (Wildman–Crippen MR) is 134 cm³/mol. The van der Waals surface area contributed by atoms with Crippen molar-refractivity contribution in [2.45, 2.75) is 47.8 Å². The number of nitrogens with zero attached hydrogens (tertiary/aromatic N) is 3. The Hall–Kier alpha value is -1.69. The fraction of sp³-hybridized carbons (Fsp3) is 0.375. The fourth-order valence-electron chi connectivity index (χ4n) is 3.13. The maximum atomic E-state index is 5.59.